The van der Waals surface area contributed by atoms with Crippen molar-refractivity contribution in [3.8, 4) is 0 Å². The van der Waals surface area contributed by atoms with Gasteiger partial charge in [-0.15, -0.1) is 0 Å². The molecule has 0 aliphatic rings. The monoisotopic (exact) mass is 164 g/mol. The smallest absolute Gasteiger partial charge is 0.0885 e. The molecule has 1 aromatic rings. The van der Waals surface area contributed by atoms with Gasteiger partial charge in [-0.2, -0.15) is 0 Å². The third kappa shape index (κ3) is 1.56. The van der Waals surface area contributed by atoms with Crippen molar-refractivity contribution in [3.63, 3.8) is 0 Å². The first-order valence-electron chi connectivity index (χ1n) is 3.85. The molecule has 0 amide bonds. The topological polar surface area (TPSA) is 58.6 Å². The lowest BCUT2D eigenvalue weighted by Crippen LogP contribution is -2.03. The van der Waals surface area contributed by atoms with Gasteiger partial charge in [0.2, 0.25) is 0 Å². The third-order valence-corrected chi connectivity index (χ3v) is 1.73. The molecule has 0 aromatic heterocycles. The van der Waals surface area contributed by atoms with Crippen molar-refractivity contribution < 1.29 is 5.21 Å². The summed E-state index contributed by atoms with van der Waals surface area (Å²) in [4.78, 5) is 0. The summed E-state index contributed by atoms with van der Waals surface area (Å²) in [6.07, 6.45) is 0.671. The van der Waals surface area contributed by atoms with Crippen LogP contribution in [0, 0.1) is 0 Å². The molecule has 0 aliphatic carbocycles. The minimum atomic E-state index is 0.619. The molecule has 1 rings (SSSR count). The van der Waals surface area contributed by atoms with Crippen molar-refractivity contribution in [1.29, 1.82) is 0 Å². The van der Waals surface area contributed by atoms with Gasteiger partial charge in [-0.3, -0.25) is 0 Å². The molecule has 0 bridgehead atoms. The average Bonchev–Trinajstić information content (AvgIpc) is 2.10. The third-order valence-electron chi connectivity index (χ3n) is 1.73. The van der Waals surface area contributed by atoms with E-state index >= 15 is 0 Å². The molecule has 0 atom stereocenters. The van der Waals surface area contributed by atoms with Crippen LogP contribution in [0.5, 0.6) is 0 Å². The fourth-order valence-electron chi connectivity index (χ4n) is 1.07. The SMILES string of the molecule is CC/C(=N\O)c1ccccc1N. The summed E-state index contributed by atoms with van der Waals surface area (Å²) in [6, 6.07) is 7.35. The van der Waals surface area contributed by atoms with Gasteiger partial charge in [-0.05, 0) is 12.5 Å². The molecule has 0 saturated heterocycles. The molecule has 64 valence electrons. The van der Waals surface area contributed by atoms with E-state index in [1.165, 1.54) is 0 Å². The number of anilines is 1. The van der Waals surface area contributed by atoms with Crippen LogP contribution in [0.2, 0.25) is 0 Å². The molecule has 0 aliphatic heterocycles. The molecule has 0 heterocycles. The number of hydrogen-bond acceptors (Lipinski definition) is 3. The maximum atomic E-state index is 8.64. The first-order valence-corrected chi connectivity index (χ1v) is 3.85. The fourth-order valence-corrected chi connectivity index (χ4v) is 1.07. The minimum Gasteiger partial charge on any atom is -0.411 e. The zero-order valence-electron chi connectivity index (χ0n) is 6.99. The van der Waals surface area contributed by atoms with Crippen molar-refractivity contribution >= 4 is 11.4 Å². The van der Waals surface area contributed by atoms with Crippen LogP contribution in [0.1, 0.15) is 18.9 Å². The fraction of sp³-hybridized carbons (Fsp3) is 0.222. The van der Waals surface area contributed by atoms with Crippen LogP contribution in [0.3, 0.4) is 0 Å². The van der Waals surface area contributed by atoms with E-state index in [1.54, 1.807) is 6.07 Å². The van der Waals surface area contributed by atoms with Crippen LogP contribution < -0.4 is 5.73 Å². The van der Waals surface area contributed by atoms with E-state index < -0.39 is 0 Å². The van der Waals surface area contributed by atoms with Crippen LogP contribution in [0.25, 0.3) is 0 Å². The Morgan fingerprint density at radius 2 is 2.17 bits per heavy atom. The molecule has 3 nitrogen and oxygen atoms in total. The van der Waals surface area contributed by atoms with Gasteiger partial charge in [0.15, 0.2) is 0 Å². The second-order valence-corrected chi connectivity index (χ2v) is 2.49. The van der Waals surface area contributed by atoms with E-state index in [-0.39, 0.29) is 0 Å². The van der Waals surface area contributed by atoms with Crippen LogP contribution >= 0.6 is 0 Å². The Kier molecular flexibility index (Phi) is 2.69. The molecule has 12 heavy (non-hydrogen) atoms. The number of nitrogens with zero attached hydrogens (tertiary/aromatic N) is 1. The van der Waals surface area contributed by atoms with Crippen LogP contribution in [-0.4, -0.2) is 10.9 Å². The lowest BCUT2D eigenvalue weighted by atomic mass is 10.1. The molecule has 0 radical (unpaired) electrons. The Labute approximate surface area is 71.5 Å². The molecule has 0 saturated carbocycles. The second-order valence-electron chi connectivity index (χ2n) is 2.49. The normalized spacial score (nSPS) is 11.6. The Morgan fingerprint density at radius 1 is 1.50 bits per heavy atom. The number of benzene rings is 1. The van der Waals surface area contributed by atoms with Gasteiger partial charge in [0.25, 0.3) is 0 Å². The second kappa shape index (κ2) is 3.76. The molecule has 0 unspecified atom stereocenters. The highest BCUT2D eigenvalue weighted by Gasteiger charge is 2.03. The number of para-hydroxylation sites is 1. The maximum absolute atomic E-state index is 8.64. The lowest BCUT2D eigenvalue weighted by molar-refractivity contribution is 0.318. The summed E-state index contributed by atoms with van der Waals surface area (Å²) < 4.78 is 0. The summed E-state index contributed by atoms with van der Waals surface area (Å²) in [7, 11) is 0. The van der Waals surface area contributed by atoms with E-state index in [2.05, 4.69) is 5.16 Å². The van der Waals surface area contributed by atoms with E-state index in [1.807, 2.05) is 25.1 Å². The number of rotatable bonds is 2. The van der Waals surface area contributed by atoms with E-state index in [9.17, 15) is 0 Å². The zero-order valence-corrected chi connectivity index (χ0v) is 6.99. The van der Waals surface area contributed by atoms with Crippen LogP contribution in [-0.2, 0) is 0 Å². The zero-order chi connectivity index (χ0) is 8.97. The molecule has 0 fully saturated rings. The molecule has 0 spiro atoms. The predicted octanol–water partition coefficient (Wildman–Crippen LogP) is 1.86. The summed E-state index contributed by atoms with van der Waals surface area (Å²) in [5.41, 5.74) is 7.75. The number of hydrogen-bond donors (Lipinski definition) is 2. The standard InChI is InChI=1S/C9H12N2O/c1-2-9(11-12)7-5-3-4-6-8(7)10/h3-6,12H,2,10H2,1H3/b11-9+. The minimum absolute atomic E-state index is 0.619. The van der Waals surface area contributed by atoms with Gasteiger partial charge < -0.3 is 10.9 Å². The van der Waals surface area contributed by atoms with Gasteiger partial charge >= 0.3 is 0 Å². The first kappa shape index (κ1) is 8.59. The van der Waals surface area contributed by atoms with Gasteiger partial charge in [-0.1, -0.05) is 30.3 Å². The first-order chi connectivity index (χ1) is 5.79. The summed E-state index contributed by atoms with van der Waals surface area (Å²) in [5, 5.41) is 11.8. The average molecular weight is 164 g/mol. The quantitative estimate of drug-likeness (QED) is 0.303. The molecule has 1 aromatic carbocycles. The Morgan fingerprint density at radius 3 is 2.67 bits per heavy atom. The molecule has 3 heteroatoms. The van der Waals surface area contributed by atoms with E-state index in [4.69, 9.17) is 10.9 Å². The van der Waals surface area contributed by atoms with E-state index in [0.717, 1.165) is 5.56 Å². The molecule has 3 N–H and O–H groups in total. The highest BCUT2D eigenvalue weighted by molar-refractivity contribution is 6.04. The predicted molar refractivity (Wildman–Crippen MR) is 49.5 cm³/mol. The van der Waals surface area contributed by atoms with Crippen LogP contribution in [0.4, 0.5) is 5.69 Å². The Bertz CT molecular complexity index is 294. The van der Waals surface area contributed by atoms with Crippen molar-refractivity contribution in [2.75, 3.05) is 5.73 Å². The Hall–Kier alpha value is -1.51. The van der Waals surface area contributed by atoms with Gasteiger partial charge in [0, 0.05) is 11.3 Å². The van der Waals surface area contributed by atoms with Gasteiger partial charge in [-0.25, -0.2) is 0 Å². The van der Waals surface area contributed by atoms with Crippen molar-refractivity contribution in [2.24, 2.45) is 5.16 Å². The molecular weight excluding hydrogens is 152 g/mol. The highest BCUT2D eigenvalue weighted by atomic mass is 16.4. The summed E-state index contributed by atoms with van der Waals surface area (Å²) in [6.45, 7) is 1.92. The van der Waals surface area contributed by atoms with Crippen molar-refractivity contribution in [1.82, 2.24) is 0 Å². The van der Waals surface area contributed by atoms with Gasteiger partial charge in [0.1, 0.15) is 0 Å². The summed E-state index contributed by atoms with van der Waals surface area (Å²) >= 11 is 0. The number of oxime groups is 1. The largest absolute Gasteiger partial charge is 0.411 e. The number of nitrogen functional groups attached to an aromatic ring is 1. The number of nitrogens with two attached hydrogens (primary N) is 1. The van der Waals surface area contributed by atoms with Crippen molar-refractivity contribution in [2.45, 2.75) is 13.3 Å². The van der Waals surface area contributed by atoms with Crippen molar-refractivity contribution in [3.05, 3.63) is 29.8 Å². The van der Waals surface area contributed by atoms with E-state index in [0.29, 0.717) is 17.8 Å². The lowest BCUT2D eigenvalue weighted by Gasteiger charge is -2.03. The summed E-state index contributed by atoms with van der Waals surface area (Å²) in [5.74, 6) is 0. The Balaban J connectivity index is 3.10. The highest BCUT2D eigenvalue weighted by Crippen LogP contribution is 2.13. The van der Waals surface area contributed by atoms with Crippen LogP contribution in [0.15, 0.2) is 29.4 Å². The molecular formula is C9H12N2O. The maximum Gasteiger partial charge on any atom is 0.0885 e. The van der Waals surface area contributed by atoms with Gasteiger partial charge in [0.05, 0.1) is 5.71 Å².